The minimum atomic E-state index is 0.247. The first-order chi connectivity index (χ1) is 10.3. The fourth-order valence-corrected chi connectivity index (χ4v) is 1.88. The van der Waals surface area contributed by atoms with E-state index in [-0.39, 0.29) is 6.01 Å². The van der Waals surface area contributed by atoms with Crippen LogP contribution in [0.1, 0.15) is 12.0 Å². The van der Waals surface area contributed by atoms with Crippen LogP contribution in [-0.4, -0.2) is 30.2 Å². The second-order valence-electron chi connectivity index (χ2n) is 4.37. The maximum atomic E-state index is 5.95. The van der Waals surface area contributed by atoms with Gasteiger partial charge in [0, 0.05) is 6.54 Å². The Morgan fingerprint density at radius 1 is 1.24 bits per heavy atom. The van der Waals surface area contributed by atoms with Crippen LogP contribution in [0, 0.1) is 0 Å². The molecule has 0 amide bonds. The molecule has 0 fully saturated rings. The second-order valence-corrected chi connectivity index (χ2v) is 4.78. The third kappa shape index (κ3) is 5.21. The Bertz CT molecular complexity index is 552. The van der Waals surface area contributed by atoms with E-state index in [9.17, 15) is 0 Å². The zero-order valence-corrected chi connectivity index (χ0v) is 12.6. The SMILES string of the molecule is COc1ncc(Cl)c(OCCCNCc2ccccc2)n1. The number of methoxy groups -OCH3 is 1. The van der Waals surface area contributed by atoms with Crippen LogP contribution in [0.4, 0.5) is 0 Å². The van der Waals surface area contributed by atoms with Crippen molar-refractivity contribution in [3.63, 3.8) is 0 Å². The highest BCUT2D eigenvalue weighted by molar-refractivity contribution is 6.31. The Morgan fingerprint density at radius 2 is 2.05 bits per heavy atom. The van der Waals surface area contributed by atoms with E-state index in [0.717, 1.165) is 19.5 Å². The highest BCUT2D eigenvalue weighted by Gasteiger charge is 2.06. The number of ether oxygens (including phenoxy) is 2. The van der Waals surface area contributed by atoms with Crippen LogP contribution < -0.4 is 14.8 Å². The first-order valence-electron chi connectivity index (χ1n) is 6.73. The summed E-state index contributed by atoms with van der Waals surface area (Å²) in [5.74, 6) is 0.353. The molecule has 2 aromatic rings. The minimum Gasteiger partial charge on any atom is -0.476 e. The van der Waals surface area contributed by atoms with E-state index in [2.05, 4.69) is 27.4 Å². The molecule has 0 aliphatic carbocycles. The Balaban J connectivity index is 1.66. The summed E-state index contributed by atoms with van der Waals surface area (Å²) in [5.41, 5.74) is 1.27. The van der Waals surface area contributed by atoms with E-state index in [1.807, 2.05) is 18.2 Å². The van der Waals surface area contributed by atoms with Crippen molar-refractivity contribution in [1.82, 2.24) is 15.3 Å². The van der Waals surface area contributed by atoms with Gasteiger partial charge in [0.05, 0.1) is 19.9 Å². The van der Waals surface area contributed by atoms with Gasteiger partial charge >= 0.3 is 6.01 Å². The largest absolute Gasteiger partial charge is 0.476 e. The number of benzene rings is 1. The van der Waals surface area contributed by atoms with Crippen LogP contribution in [-0.2, 0) is 6.54 Å². The van der Waals surface area contributed by atoms with Crippen molar-refractivity contribution in [3.8, 4) is 11.9 Å². The number of hydrogen-bond acceptors (Lipinski definition) is 5. The second kappa shape index (κ2) is 8.44. The maximum Gasteiger partial charge on any atom is 0.319 e. The first-order valence-corrected chi connectivity index (χ1v) is 7.11. The molecule has 0 aliphatic rings. The molecule has 1 aromatic carbocycles. The van der Waals surface area contributed by atoms with Gasteiger partial charge in [-0.15, -0.1) is 0 Å². The normalized spacial score (nSPS) is 10.4. The third-order valence-corrected chi connectivity index (χ3v) is 3.04. The van der Waals surface area contributed by atoms with Crippen molar-refractivity contribution in [3.05, 3.63) is 47.1 Å². The van der Waals surface area contributed by atoms with Crippen molar-refractivity contribution < 1.29 is 9.47 Å². The summed E-state index contributed by atoms with van der Waals surface area (Å²) in [4.78, 5) is 7.94. The van der Waals surface area contributed by atoms with E-state index in [1.54, 1.807) is 0 Å². The van der Waals surface area contributed by atoms with Gasteiger partial charge in [-0.25, -0.2) is 4.98 Å². The quantitative estimate of drug-likeness (QED) is 0.760. The topological polar surface area (TPSA) is 56.3 Å². The number of nitrogens with one attached hydrogen (secondary N) is 1. The minimum absolute atomic E-state index is 0.247. The number of halogens is 1. The predicted molar refractivity (Wildman–Crippen MR) is 81.9 cm³/mol. The van der Waals surface area contributed by atoms with E-state index in [1.165, 1.54) is 18.9 Å². The van der Waals surface area contributed by atoms with Gasteiger partial charge in [0.15, 0.2) is 0 Å². The van der Waals surface area contributed by atoms with Gasteiger partial charge in [0.1, 0.15) is 5.02 Å². The Hall–Kier alpha value is -1.85. The lowest BCUT2D eigenvalue weighted by Gasteiger charge is -2.08. The monoisotopic (exact) mass is 307 g/mol. The molecule has 21 heavy (non-hydrogen) atoms. The zero-order chi connectivity index (χ0) is 14.9. The van der Waals surface area contributed by atoms with Crippen LogP contribution in [0.5, 0.6) is 11.9 Å². The van der Waals surface area contributed by atoms with Crippen LogP contribution in [0.2, 0.25) is 5.02 Å². The Kier molecular flexibility index (Phi) is 6.24. The highest BCUT2D eigenvalue weighted by atomic mass is 35.5. The molecule has 1 N–H and O–H groups in total. The molecule has 0 saturated heterocycles. The Labute approximate surface area is 129 Å². The molecule has 0 atom stereocenters. The maximum absolute atomic E-state index is 5.95. The predicted octanol–water partition coefficient (Wildman–Crippen LogP) is 2.70. The molecule has 5 nitrogen and oxygen atoms in total. The summed E-state index contributed by atoms with van der Waals surface area (Å²) in [6.07, 6.45) is 2.33. The fourth-order valence-electron chi connectivity index (χ4n) is 1.73. The smallest absolute Gasteiger partial charge is 0.319 e. The lowest BCUT2D eigenvalue weighted by molar-refractivity contribution is 0.287. The van der Waals surface area contributed by atoms with Crippen molar-refractivity contribution in [1.29, 1.82) is 0 Å². The van der Waals surface area contributed by atoms with E-state index in [4.69, 9.17) is 21.1 Å². The Morgan fingerprint density at radius 3 is 2.81 bits per heavy atom. The molecule has 1 aromatic heterocycles. The summed E-state index contributed by atoms with van der Waals surface area (Å²) in [6, 6.07) is 10.5. The lowest BCUT2D eigenvalue weighted by atomic mass is 10.2. The molecule has 6 heteroatoms. The third-order valence-electron chi connectivity index (χ3n) is 2.78. The van der Waals surface area contributed by atoms with Crippen molar-refractivity contribution in [2.24, 2.45) is 0 Å². The van der Waals surface area contributed by atoms with Gasteiger partial charge in [-0.2, -0.15) is 4.98 Å². The molecular formula is C15H18ClN3O2. The van der Waals surface area contributed by atoms with Crippen molar-refractivity contribution >= 4 is 11.6 Å². The van der Waals surface area contributed by atoms with E-state index in [0.29, 0.717) is 17.5 Å². The van der Waals surface area contributed by atoms with Gasteiger partial charge in [-0.1, -0.05) is 41.9 Å². The summed E-state index contributed by atoms with van der Waals surface area (Å²) < 4.78 is 10.5. The average Bonchev–Trinajstić information content (AvgIpc) is 2.53. The van der Waals surface area contributed by atoms with Crippen LogP contribution in [0.15, 0.2) is 36.5 Å². The van der Waals surface area contributed by atoms with Gasteiger partial charge < -0.3 is 14.8 Å². The lowest BCUT2D eigenvalue weighted by Crippen LogP contribution is -2.17. The van der Waals surface area contributed by atoms with E-state index < -0.39 is 0 Å². The fraction of sp³-hybridized carbons (Fsp3) is 0.333. The highest BCUT2D eigenvalue weighted by Crippen LogP contribution is 2.22. The molecule has 0 spiro atoms. The molecule has 0 saturated carbocycles. The zero-order valence-electron chi connectivity index (χ0n) is 11.9. The van der Waals surface area contributed by atoms with Gasteiger partial charge in [-0.3, -0.25) is 0 Å². The van der Waals surface area contributed by atoms with Crippen molar-refractivity contribution in [2.75, 3.05) is 20.3 Å². The molecule has 0 radical (unpaired) electrons. The summed E-state index contributed by atoms with van der Waals surface area (Å²) in [7, 11) is 1.50. The number of aromatic nitrogens is 2. The number of hydrogen-bond donors (Lipinski definition) is 1. The number of rotatable bonds is 8. The van der Waals surface area contributed by atoms with Crippen LogP contribution >= 0.6 is 11.6 Å². The molecule has 0 bridgehead atoms. The first kappa shape index (κ1) is 15.5. The van der Waals surface area contributed by atoms with Crippen LogP contribution in [0.25, 0.3) is 0 Å². The van der Waals surface area contributed by atoms with Gasteiger partial charge in [-0.05, 0) is 18.5 Å². The molecule has 112 valence electrons. The summed E-state index contributed by atoms with van der Waals surface area (Å²) in [6.45, 7) is 2.24. The van der Waals surface area contributed by atoms with E-state index >= 15 is 0 Å². The molecule has 0 aliphatic heterocycles. The van der Waals surface area contributed by atoms with Gasteiger partial charge in [0.2, 0.25) is 5.88 Å². The van der Waals surface area contributed by atoms with Crippen molar-refractivity contribution in [2.45, 2.75) is 13.0 Å². The number of nitrogens with zero attached hydrogens (tertiary/aromatic N) is 2. The van der Waals surface area contributed by atoms with Crippen LogP contribution in [0.3, 0.4) is 0 Å². The average molecular weight is 308 g/mol. The van der Waals surface area contributed by atoms with Gasteiger partial charge in [0.25, 0.3) is 0 Å². The standard InChI is InChI=1S/C15H18ClN3O2/c1-20-15-18-11-13(16)14(19-15)21-9-5-8-17-10-12-6-3-2-4-7-12/h2-4,6-7,11,17H,5,8-10H2,1H3. The molecular weight excluding hydrogens is 290 g/mol. The molecule has 0 unspecified atom stereocenters. The molecule has 2 rings (SSSR count). The summed E-state index contributed by atoms with van der Waals surface area (Å²) >= 11 is 5.95. The molecule has 1 heterocycles. The summed E-state index contributed by atoms with van der Waals surface area (Å²) in [5, 5.41) is 3.74.